The third-order valence-electron chi connectivity index (χ3n) is 4.01. The highest BCUT2D eigenvalue weighted by Crippen LogP contribution is 2.25. The summed E-state index contributed by atoms with van der Waals surface area (Å²) in [5.74, 6) is 0.264. The van der Waals surface area contributed by atoms with Crippen molar-refractivity contribution in [3.8, 4) is 5.88 Å². The van der Waals surface area contributed by atoms with Gasteiger partial charge in [0.2, 0.25) is 5.88 Å². The number of carbonyl (C=O) groups is 1. The van der Waals surface area contributed by atoms with Gasteiger partial charge >= 0.3 is 0 Å². The van der Waals surface area contributed by atoms with Crippen LogP contribution in [0.3, 0.4) is 0 Å². The Labute approximate surface area is 146 Å². The van der Waals surface area contributed by atoms with Gasteiger partial charge in [0.1, 0.15) is 0 Å². The lowest BCUT2D eigenvalue weighted by Gasteiger charge is -2.33. The second kappa shape index (κ2) is 7.21. The van der Waals surface area contributed by atoms with Gasteiger partial charge in [0, 0.05) is 31.5 Å². The molecule has 1 amide bonds. The Morgan fingerprint density at radius 3 is 2.96 bits per heavy atom. The van der Waals surface area contributed by atoms with Crippen LogP contribution in [0, 0.1) is 0 Å². The largest absolute Gasteiger partial charge is 0.475 e. The zero-order valence-corrected chi connectivity index (χ0v) is 14.6. The molecule has 6 nitrogen and oxygen atoms in total. The quantitative estimate of drug-likeness (QED) is 0.851. The summed E-state index contributed by atoms with van der Waals surface area (Å²) in [6, 6.07) is 3.58. The number of hydrogen-bond acceptors (Lipinski definition) is 4. The predicted octanol–water partition coefficient (Wildman–Crippen LogP) is 3.20. The van der Waals surface area contributed by atoms with E-state index in [0.717, 1.165) is 12.8 Å². The van der Waals surface area contributed by atoms with Crippen molar-refractivity contribution in [2.45, 2.75) is 38.8 Å². The number of imidazole rings is 1. The van der Waals surface area contributed by atoms with Crippen LogP contribution in [0.25, 0.3) is 0 Å². The Morgan fingerprint density at radius 1 is 1.42 bits per heavy atom. The number of halogens is 1. The molecular formula is C17H21ClN4O2. The van der Waals surface area contributed by atoms with E-state index in [2.05, 4.69) is 9.97 Å². The van der Waals surface area contributed by atoms with Gasteiger partial charge in [0.05, 0.1) is 23.5 Å². The molecule has 3 heterocycles. The second-order valence-corrected chi connectivity index (χ2v) is 6.61. The number of aromatic nitrogens is 3. The molecule has 0 N–H and O–H groups in total. The van der Waals surface area contributed by atoms with Gasteiger partial charge in [-0.25, -0.2) is 9.97 Å². The fourth-order valence-corrected chi connectivity index (χ4v) is 3.09. The molecule has 0 saturated carbocycles. The van der Waals surface area contributed by atoms with E-state index in [-0.39, 0.29) is 23.7 Å². The Bertz CT molecular complexity index is 703. The first-order valence-corrected chi connectivity index (χ1v) is 8.52. The van der Waals surface area contributed by atoms with Crippen molar-refractivity contribution in [1.82, 2.24) is 19.4 Å². The molecule has 2 aromatic heterocycles. The highest BCUT2D eigenvalue weighted by atomic mass is 35.5. The van der Waals surface area contributed by atoms with Gasteiger partial charge in [0.25, 0.3) is 5.91 Å². The molecule has 1 aliphatic heterocycles. The van der Waals surface area contributed by atoms with Gasteiger partial charge in [-0.3, -0.25) is 4.79 Å². The summed E-state index contributed by atoms with van der Waals surface area (Å²) in [6.07, 6.45) is 7.43. The van der Waals surface area contributed by atoms with Gasteiger partial charge in [-0.1, -0.05) is 11.6 Å². The van der Waals surface area contributed by atoms with E-state index in [1.807, 2.05) is 29.5 Å². The maximum absolute atomic E-state index is 12.9. The molecular weight excluding hydrogens is 328 g/mol. The predicted molar refractivity (Wildman–Crippen MR) is 91.4 cm³/mol. The van der Waals surface area contributed by atoms with Gasteiger partial charge in [-0.15, -0.1) is 0 Å². The molecule has 7 heteroatoms. The number of pyridine rings is 1. The van der Waals surface area contributed by atoms with E-state index in [4.69, 9.17) is 16.3 Å². The highest BCUT2D eigenvalue weighted by Gasteiger charge is 2.27. The van der Waals surface area contributed by atoms with Crippen LogP contribution in [-0.4, -0.2) is 44.5 Å². The summed E-state index contributed by atoms with van der Waals surface area (Å²) in [5, 5.41) is 0.348. The van der Waals surface area contributed by atoms with Crippen LogP contribution < -0.4 is 4.74 Å². The van der Waals surface area contributed by atoms with Crippen LogP contribution >= 0.6 is 11.6 Å². The van der Waals surface area contributed by atoms with Gasteiger partial charge in [-0.05, 0) is 32.8 Å². The minimum atomic E-state index is -0.154. The molecule has 0 unspecified atom stereocenters. The molecule has 128 valence electrons. The molecule has 1 saturated heterocycles. The number of nitrogens with zero attached hydrogens (tertiary/aromatic N) is 4. The van der Waals surface area contributed by atoms with E-state index < -0.39 is 0 Å². The maximum atomic E-state index is 12.9. The zero-order valence-electron chi connectivity index (χ0n) is 13.9. The number of piperidine rings is 1. The van der Waals surface area contributed by atoms with Gasteiger partial charge < -0.3 is 14.2 Å². The standard InChI is InChI=1S/C17H21ClN4O2/c1-12(2)24-15-6-5-14(18)16(20-15)17(23)21-8-3-4-13(10-21)22-9-7-19-11-22/h5-7,9,11-13H,3-4,8,10H2,1-2H3/t13-/m0/s1. The third kappa shape index (κ3) is 3.70. The molecule has 24 heavy (non-hydrogen) atoms. The first-order valence-electron chi connectivity index (χ1n) is 8.14. The molecule has 2 aromatic rings. The van der Waals surface area contributed by atoms with Crippen molar-refractivity contribution < 1.29 is 9.53 Å². The van der Waals surface area contributed by atoms with Crippen molar-refractivity contribution in [2.24, 2.45) is 0 Å². The van der Waals surface area contributed by atoms with E-state index in [1.165, 1.54) is 0 Å². The normalized spacial score (nSPS) is 18.0. The number of rotatable bonds is 4. The van der Waals surface area contributed by atoms with E-state index in [9.17, 15) is 4.79 Å². The lowest BCUT2D eigenvalue weighted by Crippen LogP contribution is -2.41. The summed E-state index contributed by atoms with van der Waals surface area (Å²) in [5.41, 5.74) is 0.251. The van der Waals surface area contributed by atoms with Crippen molar-refractivity contribution in [3.63, 3.8) is 0 Å². The Morgan fingerprint density at radius 2 is 2.25 bits per heavy atom. The van der Waals surface area contributed by atoms with E-state index in [1.54, 1.807) is 24.7 Å². The summed E-state index contributed by atoms with van der Waals surface area (Å²) in [6.45, 7) is 5.16. The van der Waals surface area contributed by atoms with Gasteiger partial charge in [0.15, 0.2) is 5.69 Å². The zero-order chi connectivity index (χ0) is 17.1. The SMILES string of the molecule is CC(C)Oc1ccc(Cl)c(C(=O)N2CCC[C@H](n3ccnc3)C2)n1. The van der Waals surface area contributed by atoms with E-state index >= 15 is 0 Å². The van der Waals surface area contributed by atoms with Crippen molar-refractivity contribution in [3.05, 3.63) is 41.6 Å². The van der Waals surface area contributed by atoms with Crippen molar-refractivity contribution in [2.75, 3.05) is 13.1 Å². The number of hydrogen-bond donors (Lipinski definition) is 0. The first kappa shape index (κ1) is 16.8. The Kier molecular flexibility index (Phi) is 5.04. The molecule has 3 rings (SSSR count). The fourth-order valence-electron chi connectivity index (χ4n) is 2.90. The molecule has 0 aliphatic carbocycles. The number of ether oxygens (including phenoxy) is 1. The van der Waals surface area contributed by atoms with Crippen LogP contribution in [0.15, 0.2) is 30.9 Å². The molecule has 0 bridgehead atoms. The molecule has 0 aromatic carbocycles. The minimum Gasteiger partial charge on any atom is -0.475 e. The molecule has 1 aliphatic rings. The minimum absolute atomic E-state index is 0.0118. The molecule has 1 atom stereocenters. The highest BCUT2D eigenvalue weighted by molar-refractivity contribution is 6.33. The van der Waals surface area contributed by atoms with Crippen LogP contribution in [-0.2, 0) is 0 Å². The van der Waals surface area contributed by atoms with Crippen LogP contribution in [0.4, 0.5) is 0 Å². The number of likely N-dealkylation sites (tertiary alicyclic amines) is 1. The van der Waals surface area contributed by atoms with Crippen LogP contribution in [0.2, 0.25) is 5.02 Å². The number of amides is 1. The lowest BCUT2D eigenvalue weighted by molar-refractivity contribution is 0.0672. The molecule has 0 radical (unpaired) electrons. The second-order valence-electron chi connectivity index (χ2n) is 6.20. The summed E-state index contributed by atoms with van der Waals surface area (Å²) < 4.78 is 7.62. The monoisotopic (exact) mass is 348 g/mol. The van der Waals surface area contributed by atoms with Crippen LogP contribution in [0.5, 0.6) is 5.88 Å². The van der Waals surface area contributed by atoms with E-state index in [0.29, 0.717) is 24.0 Å². The van der Waals surface area contributed by atoms with Crippen LogP contribution in [0.1, 0.15) is 43.2 Å². The lowest BCUT2D eigenvalue weighted by atomic mass is 10.1. The summed E-state index contributed by atoms with van der Waals surface area (Å²) in [4.78, 5) is 23.1. The third-order valence-corrected chi connectivity index (χ3v) is 4.31. The Balaban J connectivity index is 1.78. The first-order chi connectivity index (χ1) is 11.5. The Hall–Kier alpha value is -2.08. The summed E-state index contributed by atoms with van der Waals surface area (Å²) in [7, 11) is 0. The maximum Gasteiger partial charge on any atom is 0.274 e. The average Bonchev–Trinajstić information content (AvgIpc) is 3.10. The smallest absolute Gasteiger partial charge is 0.274 e. The van der Waals surface area contributed by atoms with Crippen molar-refractivity contribution >= 4 is 17.5 Å². The molecule has 1 fully saturated rings. The van der Waals surface area contributed by atoms with Gasteiger partial charge in [-0.2, -0.15) is 0 Å². The average molecular weight is 349 g/mol. The number of carbonyl (C=O) groups excluding carboxylic acids is 1. The van der Waals surface area contributed by atoms with Crippen molar-refractivity contribution in [1.29, 1.82) is 0 Å². The summed E-state index contributed by atoms with van der Waals surface area (Å²) >= 11 is 6.20. The fraction of sp³-hybridized carbons (Fsp3) is 0.471. The molecule has 0 spiro atoms. The topological polar surface area (TPSA) is 60.2 Å².